The van der Waals surface area contributed by atoms with E-state index in [1.807, 2.05) is 37.3 Å². The van der Waals surface area contributed by atoms with E-state index in [0.29, 0.717) is 21.8 Å². The summed E-state index contributed by atoms with van der Waals surface area (Å²) < 4.78 is 5.21. The van der Waals surface area contributed by atoms with Gasteiger partial charge in [0.25, 0.3) is 5.91 Å². The molecule has 2 aromatic carbocycles. The van der Waals surface area contributed by atoms with E-state index in [4.69, 9.17) is 10.5 Å². The highest BCUT2D eigenvalue weighted by Gasteiger charge is 2.21. The van der Waals surface area contributed by atoms with E-state index in [1.165, 1.54) is 17.8 Å². The van der Waals surface area contributed by atoms with Crippen LogP contribution in [-0.2, 0) is 0 Å². The maximum Gasteiger partial charge on any atom is 0.267 e. The summed E-state index contributed by atoms with van der Waals surface area (Å²) in [6, 6.07) is 12.8. The summed E-state index contributed by atoms with van der Waals surface area (Å²) in [5, 5.41) is 3.77. The van der Waals surface area contributed by atoms with Crippen molar-refractivity contribution in [1.82, 2.24) is 4.98 Å². The van der Waals surface area contributed by atoms with Gasteiger partial charge in [-0.3, -0.25) is 9.59 Å². The SMILES string of the molecule is COc1ccc(-c2nc(C)c(C(=O)Nc3cc(C(N)=O)ccc3N3CCCCC3)s2)cc1. The minimum Gasteiger partial charge on any atom is -0.497 e. The molecule has 0 aliphatic carbocycles. The van der Waals surface area contributed by atoms with Crippen molar-refractivity contribution in [3.63, 3.8) is 0 Å². The molecular formula is C24H26N4O3S. The van der Waals surface area contributed by atoms with Crippen LogP contribution in [0.15, 0.2) is 42.5 Å². The molecule has 0 bridgehead atoms. The molecule has 0 unspecified atom stereocenters. The first-order valence-electron chi connectivity index (χ1n) is 10.6. The Morgan fingerprint density at radius 3 is 2.47 bits per heavy atom. The van der Waals surface area contributed by atoms with Gasteiger partial charge in [-0.1, -0.05) is 0 Å². The molecule has 2 heterocycles. The van der Waals surface area contributed by atoms with Gasteiger partial charge in [0.05, 0.1) is 24.2 Å². The average molecular weight is 451 g/mol. The number of primary amides is 1. The van der Waals surface area contributed by atoms with Crippen LogP contribution in [0.1, 0.15) is 45.0 Å². The van der Waals surface area contributed by atoms with E-state index in [-0.39, 0.29) is 5.91 Å². The normalized spacial score (nSPS) is 13.6. The molecule has 8 heteroatoms. The molecule has 1 aromatic heterocycles. The van der Waals surface area contributed by atoms with Gasteiger partial charge >= 0.3 is 0 Å². The highest BCUT2D eigenvalue weighted by Crippen LogP contribution is 2.33. The Kier molecular flexibility index (Phi) is 6.41. The van der Waals surface area contributed by atoms with Gasteiger partial charge in [0.1, 0.15) is 15.6 Å². The quantitative estimate of drug-likeness (QED) is 0.578. The zero-order valence-corrected chi connectivity index (χ0v) is 19.0. The lowest BCUT2D eigenvalue weighted by Crippen LogP contribution is -2.30. The Morgan fingerprint density at radius 1 is 1.09 bits per heavy atom. The Hall–Kier alpha value is -3.39. The number of nitrogens with two attached hydrogens (primary N) is 1. The van der Waals surface area contributed by atoms with Crippen LogP contribution in [-0.4, -0.2) is 37.0 Å². The lowest BCUT2D eigenvalue weighted by molar-refractivity contribution is 0.0996. The van der Waals surface area contributed by atoms with Crippen LogP contribution in [0, 0.1) is 6.92 Å². The molecule has 2 amide bonds. The van der Waals surface area contributed by atoms with Crippen LogP contribution >= 0.6 is 11.3 Å². The predicted molar refractivity (Wildman–Crippen MR) is 128 cm³/mol. The van der Waals surface area contributed by atoms with Crippen LogP contribution in [0.2, 0.25) is 0 Å². The van der Waals surface area contributed by atoms with Gasteiger partial charge in [0.15, 0.2) is 0 Å². The second-order valence-corrected chi connectivity index (χ2v) is 8.76. The van der Waals surface area contributed by atoms with Crippen LogP contribution in [0.5, 0.6) is 5.75 Å². The monoisotopic (exact) mass is 450 g/mol. The van der Waals surface area contributed by atoms with E-state index in [0.717, 1.165) is 47.9 Å². The molecule has 1 saturated heterocycles. The smallest absolute Gasteiger partial charge is 0.267 e. The van der Waals surface area contributed by atoms with E-state index in [2.05, 4.69) is 15.2 Å². The Balaban J connectivity index is 1.62. The molecule has 32 heavy (non-hydrogen) atoms. The van der Waals surface area contributed by atoms with Gasteiger partial charge in [0, 0.05) is 24.2 Å². The first-order valence-corrected chi connectivity index (χ1v) is 11.4. The van der Waals surface area contributed by atoms with Gasteiger partial charge in [-0.2, -0.15) is 0 Å². The highest BCUT2D eigenvalue weighted by molar-refractivity contribution is 7.17. The largest absolute Gasteiger partial charge is 0.497 e. The number of amides is 2. The summed E-state index contributed by atoms with van der Waals surface area (Å²) in [6.45, 7) is 3.66. The van der Waals surface area contributed by atoms with Gasteiger partial charge in [-0.15, -0.1) is 11.3 Å². The molecule has 3 aromatic rings. The van der Waals surface area contributed by atoms with Crippen molar-refractivity contribution in [2.45, 2.75) is 26.2 Å². The number of nitrogens with one attached hydrogen (secondary N) is 1. The summed E-state index contributed by atoms with van der Waals surface area (Å²) in [7, 11) is 1.62. The Morgan fingerprint density at radius 2 is 1.81 bits per heavy atom. The third-order valence-corrected chi connectivity index (χ3v) is 6.77. The number of anilines is 2. The molecule has 1 fully saturated rings. The molecule has 166 valence electrons. The van der Waals surface area contributed by atoms with E-state index < -0.39 is 5.91 Å². The zero-order valence-electron chi connectivity index (χ0n) is 18.2. The second kappa shape index (κ2) is 9.40. The van der Waals surface area contributed by atoms with E-state index in [1.54, 1.807) is 19.2 Å². The number of carbonyl (C=O) groups excluding carboxylic acids is 2. The highest BCUT2D eigenvalue weighted by atomic mass is 32.1. The number of piperidine rings is 1. The number of aryl methyl sites for hydroxylation is 1. The lowest BCUT2D eigenvalue weighted by Gasteiger charge is -2.30. The maximum absolute atomic E-state index is 13.2. The number of benzene rings is 2. The number of hydrogen-bond acceptors (Lipinski definition) is 6. The maximum atomic E-state index is 13.2. The van der Waals surface area contributed by atoms with Crippen LogP contribution in [0.4, 0.5) is 11.4 Å². The zero-order chi connectivity index (χ0) is 22.7. The molecule has 0 saturated carbocycles. The molecule has 4 rings (SSSR count). The van der Waals surface area contributed by atoms with Gasteiger partial charge in [-0.05, 0) is 68.7 Å². The van der Waals surface area contributed by atoms with Crippen LogP contribution in [0.3, 0.4) is 0 Å². The minimum absolute atomic E-state index is 0.250. The fourth-order valence-electron chi connectivity index (χ4n) is 3.84. The number of carbonyl (C=O) groups is 2. The van der Waals surface area contributed by atoms with Crippen molar-refractivity contribution in [3.05, 3.63) is 58.6 Å². The fraction of sp³-hybridized carbons (Fsp3) is 0.292. The molecule has 1 aliphatic rings. The number of aromatic nitrogens is 1. The average Bonchev–Trinajstić information content (AvgIpc) is 3.21. The number of rotatable bonds is 6. The van der Waals surface area contributed by atoms with Gasteiger partial charge in [0.2, 0.25) is 5.91 Å². The van der Waals surface area contributed by atoms with Crippen molar-refractivity contribution in [2.24, 2.45) is 5.73 Å². The van der Waals surface area contributed by atoms with E-state index >= 15 is 0 Å². The molecule has 0 atom stereocenters. The molecule has 0 spiro atoms. The lowest BCUT2D eigenvalue weighted by atomic mass is 10.1. The second-order valence-electron chi connectivity index (χ2n) is 7.76. The predicted octanol–water partition coefficient (Wildman–Crippen LogP) is 4.47. The number of methoxy groups -OCH3 is 1. The summed E-state index contributed by atoms with van der Waals surface area (Å²) in [5.41, 5.74) is 8.91. The summed E-state index contributed by atoms with van der Waals surface area (Å²) >= 11 is 1.34. The van der Waals surface area contributed by atoms with Crippen molar-refractivity contribution in [2.75, 3.05) is 30.4 Å². The van der Waals surface area contributed by atoms with Crippen molar-refractivity contribution in [1.29, 1.82) is 0 Å². The number of thiazole rings is 1. The number of hydrogen-bond donors (Lipinski definition) is 2. The minimum atomic E-state index is -0.526. The fourth-order valence-corrected chi connectivity index (χ4v) is 4.81. The Bertz CT molecular complexity index is 1130. The summed E-state index contributed by atoms with van der Waals surface area (Å²) in [5.74, 6) is -0.0133. The van der Waals surface area contributed by atoms with Gasteiger partial charge in [-0.25, -0.2) is 4.98 Å². The summed E-state index contributed by atoms with van der Waals surface area (Å²) in [4.78, 5) is 32.3. The van der Waals surface area contributed by atoms with Crippen molar-refractivity contribution >= 4 is 34.5 Å². The molecular weight excluding hydrogens is 424 g/mol. The van der Waals surface area contributed by atoms with Gasteiger partial charge < -0.3 is 20.7 Å². The number of nitrogens with zero attached hydrogens (tertiary/aromatic N) is 2. The molecule has 1 aliphatic heterocycles. The topological polar surface area (TPSA) is 97.5 Å². The first kappa shape index (κ1) is 21.8. The van der Waals surface area contributed by atoms with Crippen molar-refractivity contribution in [3.8, 4) is 16.3 Å². The van der Waals surface area contributed by atoms with E-state index in [9.17, 15) is 9.59 Å². The molecule has 3 N–H and O–H groups in total. The van der Waals surface area contributed by atoms with Crippen LogP contribution in [0.25, 0.3) is 10.6 Å². The van der Waals surface area contributed by atoms with Crippen molar-refractivity contribution < 1.29 is 14.3 Å². The first-order chi connectivity index (χ1) is 15.5. The van der Waals surface area contributed by atoms with Crippen LogP contribution < -0.4 is 20.7 Å². The third kappa shape index (κ3) is 4.60. The third-order valence-electron chi connectivity index (χ3n) is 5.57. The molecule has 0 radical (unpaired) electrons. The molecule has 7 nitrogen and oxygen atoms in total. The Labute approximate surface area is 191 Å². The number of ether oxygens (including phenoxy) is 1. The standard InChI is InChI=1S/C24H26N4O3S/c1-15-21(32-24(26-15)16-6-9-18(31-2)10-7-16)23(30)27-19-14-17(22(25)29)8-11-20(19)28-12-4-3-5-13-28/h6-11,14H,3-5,12-13H2,1-2H3,(H2,25,29)(H,27,30). The summed E-state index contributed by atoms with van der Waals surface area (Å²) in [6.07, 6.45) is 3.40.